The summed E-state index contributed by atoms with van der Waals surface area (Å²) in [7, 11) is -3.35. The lowest BCUT2D eigenvalue weighted by atomic mass is 10.1. The number of sulfonamides is 1. The minimum atomic E-state index is -3.35. The van der Waals surface area contributed by atoms with Gasteiger partial charge in [0.1, 0.15) is 5.82 Å². The van der Waals surface area contributed by atoms with Gasteiger partial charge in [0.15, 0.2) is 0 Å². The maximum atomic E-state index is 12.6. The molecule has 0 aromatic carbocycles. The molecule has 1 aliphatic rings. The van der Waals surface area contributed by atoms with Crippen LogP contribution in [0.5, 0.6) is 0 Å². The Morgan fingerprint density at radius 1 is 1.48 bits per heavy atom. The zero-order chi connectivity index (χ0) is 17.2. The summed E-state index contributed by atoms with van der Waals surface area (Å²) in [5.74, 6) is 0.454. The van der Waals surface area contributed by atoms with E-state index < -0.39 is 15.3 Å². The number of amides is 1. The molecule has 1 aromatic heterocycles. The Balaban J connectivity index is 2.39. The van der Waals surface area contributed by atoms with Gasteiger partial charge in [-0.1, -0.05) is 0 Å². The molecular weight excluding hydrogens is 316 g/mol. The minimum Gasteiger partial charge on any atom is -0.352 e. The van der Waals surface area contributed by atoms with Gasteiger partial charge in [-0.3, -0.25) is 4.79 Å². The highest BCUT2D eigenvalue weighted by Crippen LogP contribution is 2.35. The summed E-state index contributed by atoms with van der Waals surface area (Å²) < 4.78 is 26.7. The molecule has 8 heteroatoms. The molecule has 0 unspecified atom stereocenters. The highest BCUT2D eigenvalue weighted by atomic mass is 32.2. The number of carbonyl (C=O) groups is 1. The van der Waals surface area contributed by atoms with Crippen molar-refractivity contribution >= 4 is 15.9 Å². The van der Waals surface area contributed by atoms with Crippen molar-refractivity contribution in [1.29, 1.82) is 0 Å². The number of aryl methyl sites for hydroxylation is 1. The molecule has 128 valence electrons. The number of hydrogen-bond acceptors (Lipinski definition) is 5. The van der Waals surface area contributed by atoms with Crippen molar-refractivity contribution in [3.8, 4) is 0 Å². The molecule has 2 rings (SSSR count). The average molecular weight is 340 g/mol. The van der Waals surface area contributed by atoms with E-state index >= 15 is 0 Å². The van der Waals surface area contributed by atoms with Crippen LogP contribution in [0.3, 0.4) is 0 Å². The molecule has 2 heterocycles. The standard InChI is InChI=1S/C15H24N4O3S/c1-10(2)23(21,22)19-7-5-6-14(19)15-13(9-17-12(4)20)8-16-11(3)18-15/h8,10,14H,5-7,9H2,1-4H3,(H,17,20)/t14-/m1/s1. The third-order valence-electron chi connectivity index (χ3n) is 3.99. The predicted molar refractivity (Wildman–Crippen MR) is 87.0 cm³/mol. The van der Waals surface area contributed by atoms with E-state index in [-0.39, 0.29) is 11.9 Å². The van der Waals surface area contributed by atoms with Gasteiger partial charge in [0.2, 0.25) is 15.9 Å². The van der Waals surface area contributed by atoms with Gasteiger partial charge in [-0.15, -0.1) is 0 Å². The largest absolute Gasteiger partial charge is 0.352 e. The van der Waals surface area contributed by atoms with Crippen LogP contribution in [0.4, 0.5) is 0 Å². The topological polar surface area (TPSA) is 92.3 Å². The van der Waals surface area contributed by atoms with E-state index in [0.29, 0.717) is 24.6 Å². The second-order valence-corrected chi connectivity index (χ2v) is 8.54. The Morgan fingerprint density at radius 2 is 2.17 bits per heavy atom. The number of carbonyl (C=O) groups excluding carboxylic acids is 1. The Bertz CT molecular complexity index is 688. The maximum Gasteiger partial charge on any atom is 0.217 e. The molecule has 1 N–H and O–H groups in total. The molecule has 0 saturated carbocycles. The van der Waals surface area contributed by atoms with Gasteiger partial charge in [0.05, 0.1) is 17.0 Å². The number of nitrogens with one attached hydrogen (secondary N) is 1. The first-order chi connectivity index (χ1) is 10.7. The fourth-order valence-electron chi connectivity index (χ4n) is 2.75. The van der Waals surface area contributed by atoms with Gasteiger partial charge in [-0.2, -0.15) is 4.31 Å². The van der Waals surface area contributed by atoms with E-state index in [1.807, 2.05) is 0 Å². The fraction of sp³-hybridized carbons (Fsp3) is 0.667. The first-order valence-electron chi connectivity index (χ1n) is 7.81. The van der Waals surface area contributed by atoms with E-state index in [4.69, 9.17) is 0 Å². The molecule has 23 heavy (non-hydrogen) atoms. The zero-order valence-electron chi connectivity index (χ0n) is 14.0. The van der Waals surface area contributed by atoms with Gasteiger partial charge < -0.3 is 5.32 Å². The highest BCUT2D eigenvalue weighted by molar-refractivity contribution is 7.89. The van der Waals surface area contributed by atoms with Gasteiger partial charge >= 0.3 is 0 Å². The summed E-state index contributed by atoms with van der Waals surface area (Å²) >= 11 is 0. The molecule has 0 radical (unpaired) electrons. The van der Waals surface area contributed by atoms with Crippen molar-refractivity contribution in [2.75, 3.05) is 6.54 Å². The van der Waals surface area contributed by atoms with Crippen LogP contribution in [0.25, 0.3) is 0 Å². The summed E-state index contributed by atoms with van der Waals surface area (Å²) in [6.45, 7) is 7.41. The predicted octanol–water partition coefficient (Wildman–Crippen LogP) is 1.30. The second-order valence-electron chi connectivity index (χ2n) is 6.10. The number of nitrogens with zero attached hydrogens (tertiary/aromatic N) is 3. The summed E-state index contributed by atoms with van der Waals surface area (Å²) in [4.78, 5) is 19.8. The summed E-state index contributed by atoms with van der Waals surface area (Å²) in [6, 6.07) is -0.284. The molecule has 0 aliphatic carbocycles. The van der Waals surface area contributed by atoms with E-state index in [0.717, 1.165) is 18.4 Å². The van der Waals surface area contributed by atoms with E-state index in [2.05, 4.69) is 15.3 Å². The molecule has 1 saturated heterocycles. The lowest BCUT2D eigenvalue weighted by Gasteiger charge is -2.27. The van der Waals surface area contributed by atoms with Crippen LogP contribution in [0.1, 0.15) is 56.7 Å². The summed E-state index contributed by atoms with van der Waals surface area (Å²) in [5, 5.41) is 2.27. The maximum absolute atomic E-state index is 12.6. The van der Waals surface area contributed by atoms with Crippen molar-refractivity contribution < 1.29 is 13.2 Å². The highest BCUT2D eigenvalue weighted by Gasteiger charge is 2.38. The van der Waals surface area contributed by atoms with Gasteiger partial charge in [0, 0.05) is 31.8 Å². The Morgan fingerprint density at radius 3 is 2.78 bits per heavy atom. The molecule has 0 spiro atoms. The van der Waals surface area contributed by atoms with Crippen LogP contribution in [0, 0.1) is 6.92 Å². The SMILES string of the molecule is CC(=O)NCc1cnc(C)nc1[C@H]1CCCN1S(=O)(=O)C(C)C. The zero-order valence-corrected chi connectivity index (χ0v) is 14.9. The molecule has 0 bridgehead atoms. The third-order valence-corrected chi connectivity index (χ3v) is 6.27. The molecule has 1 aromatic rings. The Labute approximate surface area is 137 Å². The monoisotopic (exact) mass is 340 g/mol. The first-order valence-corrected chi connectivity index (χ1v) is 9.31. The van der Waals surface area contributed by atoms with Crippen molar-refractivity contribution in [2.24, 2.45) is 0 Å². The lowest BCUT2D eigenvalue weighted by Crippen LogP contribution is -2.37. The quantitative estimate of drug-likeness (QED) is 0.872. The molecule has 1 fully saturated rings. The lowest BCUT2D eigenvalue weighted by molar-refractivity contribution is -0.119. The second kappa shape index (κ2) is 6.92. The summed E-state index contributed by atoms with van der Waals surface area (Å²) in [5.41, 5.74) is 1.47. The van der Waals surface area contributed by atoms with E-state index in [1.54, 1.807) is 31.3 Å². The third kappa shape index (κ3) is 3.87. The fourth-order valence-corrected chi connectivity index (χ4v) is 4.23. The van der Waals surface area contributed by atoms with Gasteiger partial charge in [-0.05, 0) is 33.6 Å². The smallest absolute Gasteiger partial charge is 0.217 e. The van der Waals surface area contributed by atoms with Crippen LogP contribution in [0.2, 0.25) is 0 Å². The van der Waals surface area contributed by atoms with Crippen molar-refractivity contribution in [2.45, 2.75) is 58.4 Å². The van der Waals surface area contributed by atoms with Crippen LogP contribution >= 0.6 is 0 Å². The molecule has 1 atom stereocenters. The van der Waals surface area contributed by atoms with Crippen LogP contribution in [-0.4, -0.2) is 40.4 Å². The average Bonchev–Trinajstić information content (AvgIpc) is 2.95. The van der Waals surface area contributed by atoms with E-state index in [9.17, 15) is 13.2 Å². The van der Waals surface area contributed by atoms with E-state index in [1.165, 1.54) is 6.92 Å². The number of aromatic nitrogens is 2. The Hall–Kier alpha value is -1.54. The first kappa shape index (κ1) is 17.8. The molecular formula is C15H24N4O3S. The van der Waals surface area contributed by atoms with Crippen LogP contribution in [0.15, 0.2) is 6.20 Å². The summed E-state index contributed by atoms with van der Waals surface area (Å²) in [6.07, 6.45) is 3.21. The van der Waals surface area contributed by atoms with Gasteiger partial charge in [0.25, 0.3) is 0 Å². The molecule has 1 aliphatic heterocycles. The van der Waals surface area contributed by atoms with Crippen molar-refractivity contribution in [1.82, 2.24) is 19.6 Å². The minimum absolute atomic E-state index is 0.144. The van der Waals surface area contributed by atoms with Crippen molar-refractivity contribution in [3.63, 3.8) is 0 Å². The van der Waals surface area contributed by atoms with Crippen LogP contribution in [-0.2, 0) is 21.4 Å². The van der Waals surface area contributed by atoms with Crippen LogP contribution < -0.4 is 5.32 Å². The Kier molecular flexibility index (Phi) is 5.36. The van der Waals surface area contributed by atoms with Gasteiger partial charge in [-0.25, -0.2) is 18.4 Å². The van der Waals surface area contributed by atoms with Crippen molar-refractivity contribution in [3.05, 3.63) is 23.3 Å². The molecule has 1 amide bonds. The number of rotatable bonds is 5. The normalized spacial score (nSPS) is 19.3. The molecule has 7 nitrogen and oxygen atoms in total. The number of hydrogen-bond donors (Lipinski definition) is 1.